The van der Waals surface area contributed by atoms with Gasteiger partial charge in [-0.1, -0.05) is 23.9 Å². The average molecular weight is 335 g/mol. The Morgan fingerprint density at radius 2 is 2.18 bits per heavy atom. The molecule has 1 aliphatic heterocycles. The lowest BCUT2D eigenvalue weighted by atomic mass is 10.0. The van der Waals surface area contributed by atoms with Crippen LogP contribution in [0.5, 0.6) is 0 Å². The lowest BCUT2D eigenvalue weighted by molar-refractivity contribution is -0.138. The fourth-order valence-corrected chi connectivity index (χ4v) is 4.60. The van der Waals surface area contributed by atoms with E-state index in [2.05, 4.69) is 4.98 Å². The van der Waals surface area contributed by atoms with Crippen molar-refractivity contribution in [2.45, 2.75) is 29.6 Å². The molecule has 0 bridgehead atoms. The van der Waals surface area contributed by atoms with E-state index in [1.54, 1.807) is 16.2 Å². The molecule has 3 rings (SSSR count). The van der Waals surface area contributed by atoms with Gasteiger partial charge in [-0.25, -0.2) is 4.98 Å². The van der Waals surface area contributed by atoms with Crippen molar-refractivity contribution in [3.8, 4) is 0 Å². The Hall–Kier alpha value is -1.60. The number of hydrogen-bond acceptors (Lipinski definition) is 5. The minimum atomic E-state index is -0.447. The molecule has 116 valence electrons. The van der Waals surface area contributed by atoms with Gasteiger partial charge in [0.15, 0.2) is 4.34 Å². The van der Waals surface area contributed by atoms with Crippen LogP contribution in [0, 0.1) is 0 Å². The molecule has 5 nitrogen and oxygen atoms in total. The lowest BCUT2D eigenvalue weighted by Gasteiger charge is -2.33. The van der Waals surface area contributed by atoms with Gasteiger partial charge >= 0.3 is 0 Å². The standard InChI is InChI=1S/C15H17N3O2S2/c16-14(20)11-6-3-4-8-18(11)13(19)9-21-15-17-10-5-1-2-7-12(10)22-15/h1-2,5,7,11H,3-4,6,8-9H2,(H2,16,20). The molecule has 22 heavy (non-hydrogen) atoms. The van der Waals surface area contributed by atoms with Crippen LogP contribution < -0.4 is 5.73 Å². The van der Waals surface area contributed by atoms with E-state index in [1.165, 1.54) is 11.8 Å². The number of aromatic nitrogens is 1. The largest absolute Gasteiger partial charge is 0.368 e. The highest BCUT2D eigenvalue weighted by Gasteiger charge is 2.30. The third-order valence-corrected chi connectivity index (χ3v) is 5.91. The van der Waals surface area contributed by atoms with Crippen LogP contribution >= 0.6 is 23.1 Å². The van der Waals surface area contributed by atoms with Crippen molar-refractivity contribution in [1.82, 2.24) is 9.88 Å². The summed E-state index contributed by atoms with van der Waals surface area (Å²) in [6.45, 7) is 0.618. The molecule has 2 aromatic rings. The topological polar surface area (TPSA) is 76.3 Å². The van der Waals surface area contributed by atoms with Crippen molar-refractivity contribution in [2.75, 3.05) is 12.3 Å². The quantitative estimate of drug-likeness (QED) is 0.870. The van der Waals surface area contributed by atoms with Crippen molar-refractivity contribution in [2.24, 2.45) is 5.73 Å². The third kappa shape index (κ3) is 3.25. The number of nitrogens with two attached hydrogens (primary N) is 1. The van der Waals surface area contributed by atoms with Crippen LogP contribution in [0.1, 0.15) is 19.3 Å². The second kappa shape index (κ2) is 6.66. The first-order valence-electron chi connectivity index (χ1n) is 7.22. The van der Waals surface area contributed by atoms with Crippen LogP contribution in [-0.4, -0.2) is 40.0 Å². The van der Waals surface area contributed by atoms with Gasteiger partial charge in [0.1, 0.15) is 6.04 Å². The Morgan fingerprint density at radius 1 is 1.36 bits per heavy atom. The molecule has 1 atom stereocenters. The highest BCUT2D eigenvalue weighted by atomic mass is 32.2. The minimum Gasteiger partial charge on any atom is -0.368 e. The zero-order valence-corrected chi connectivity index (χ0v) is 13.7. The summed E-state index contributed by atoms with van der Waals surface area (Å²) in [4.78, 5) is 30.0. The molecule has 0 aliphatic carbocycles. The zero-order chi connectivity index (χ0) is 15.5. The molecule has 1 aromatic heterocycles. The number of thioether (sulfide) groups is 1. The van der Waals surface area contributed by atoms with Gasteiger partial charge in [-0.3, -0.25) is 9.59 Å². The second-order valence-corrected chi connectivity index (χ2v) is 7.49. The van der Waals surface area contributed by atoms with Gasteiger partial charge in [-0.05, 0) is 31.4 Å². The number of para-hydroxylation sites is 1. The number of carbonyl (C=O) groups excluding carboxylic acids is 2. The number of fused-ring (bicyclic) bond motifs is 1. The molecule has 1 aromatic carbocycles. The second-order valence-electron chi connectivity index (χ2n) is 5.24. The van der Waals surface area contributed by atoms with E-state index in [4.69, 9.17) is 5.73 Å². The number of likely N-dealkylation sites (tertiary alicyclic amines) is 1. The van der Waals surface area contributed by atoms with E-state index in [-0.39, 0.29) is 5.91 Å². The van der Waals surface area contributed by atoms with Crippen molar-refractivity contribution in [1.29, 1.82) is 0 Å². The summed E-state index contributed by atoms with van der Waals surface area (Å²) in [6.07, 6.45) is 2.55. The van der Waals surface area contributed by atoms with Gasteiger partial charge in [0.2, 0.25) is 11.8 Å². The van der Waals surface area contributed by atoms with Gasteiger partial charge in [0, 0.05) is 6.54 Å². The zero-order valence-electron chi connectivity index (χ0n) is 12.0. The first-order valence-corrected chi connectivity index (χ1v) is 9.02. The Morgan fingerprint density at radius 3 is 2.95 bits per heavy atom. The molecule has 1 saturated heterocycles. The fourth-order valence-electron chi connectivity index (χ4n) is 2.65. The highest BCUT2D eigenvalue weighted by molar-refractivity contribution is 8.01. The maximum atomic E-state index is 12.4. The molecule has 2 N–H and O–H groups in total. The maximum absolute atomic E-state index is 12.4. The van der Waals surface area contributed by atoms with Crippen molar-refractivity contribution >= 4 is 45.1 Å². The summed E-state index contributed by atoms with van der Waals surface area (Å²) in [7, 11) is 0. The average Bonchev–Trinajstić information content (AvgIpc) is 2.95. The summed E-state index contributed by atoms with van der Waals surface area (Å²) < 4.78 is 1.99. The van der Waals surface area contributed by atoms with Gasteiger partial charge in [0.25, 0.3) is 0 Å². The van der Waals surface area contributed by atoms with Gasteiger partial charge in [-0.15, -0.1) is 11.3 Å². The number of primary amides is 1. The van der Waals surface area contributed by atoms with Crippen LogP contribution in [0.4, 0.5) is 0 Å². The molecule has 2 amide bonds. The first-order chi connectivity index (χ1) is 10.6. The van der Waals surface area contributed by atoms with Crippen molar-refractivity contribution < 1.29 is 9.59 Å². The van der Waals surface area contributed by atoms with E-state index >= 15 is 0 Å². The Kier molecular flexibility index (Phi) is 4.63. The van der Waals surface area contributed by atoms with Crippen LogP contribution in [0.25, 0.3) is 10.2 Å². The van der Waals surface area contributed by atoms with Crippen LogP contribution in [0.2, 0.25) is 0 Å². The number of rotatable bonds is 4. The van der Waals surface area contributed by atoms with Crippen LogP contribution in [-0.2, 0) is 9.59 Å². The predicted octanol–water partition coefficient (Wildman–Crippen LogP) is 2.25. The van der Waals surface area contributed by atoms with Crippen molar-refractivity contribution in [3.63, 3.8) is 0 Å². The first kappa shape index (κ1) is 15.3. The number of carbonyl (C=O) groups is 2. The monoisotopic (exact) mass is 335 g/mol. The molecule has 0 saturated carbocycles. The van der Waals surface area contributed by atoms with Gasteiger partial charge < -0.3 is 10.6 Å². The van der Waals surface area contributed by atoms with Gasteiger partial charge in [-0.2, -0.15) is 0 Å². The Bertz CT molecular complexity index is 668. The molecule has 1 fully saturated rings. The van der Waals surface area contributed by atoms with Crippen molar-refractivity contribution in [3.05, 3.63) is 24.3 Å². The summed E-state index contributed by atoms with van der Waals surface area (Å²) >= 11 is 3.01. The highest BCUT2D eigenvalue weighted by Crippen LogP contribution is 2.30. The summed E-state index contributed by atoms with van der Waals surface area (Å²) in [5.74, 6) is -0.144. The van der Waals surface area contributed by atoms with E-state index < -0.39 is 11.9 Å². The number of piperidine rings is 1. The molecule has 1 aliphatic rings. The third-order valence-electron chi connectivity index (χ3n) is 3.74. The molecule has 1 unspecified atom stereocenters. The van der Waals surface area contributed by atoms with E-state index in [9.17, 15) is 9.59 Å². The molecule has 2 heterocycles. The van der Waals surface area contributed by atoms with Crippen LogP contribution in [0.15, 0.2) is 28.6 Å². The van der Waals surface area contributed by atoms with E-state index in [1.807, 2.05) is 24.3 Å². The number of benzene rings is 1. The molecule has 0 radical (unpaired) electrons. The normalized spacial score (nSPS) is 18.5. The molecule has 7 heteroatoms. The number of nitrogens with zero attached hydrogens (tertiary/aromatic N) is 2. The molecular weight excluding hydrogens is 318 g/mol. The van der Waals surface area contributed by atoms with Gasteiger partial charge in [0.05, 0.1) is 16.0 Å². The van der Waals surface area contributed by atoms with E-state index in [0.29, 0.717) is 18.7 Å². The molecule has 0 spiro atoms. The summed E-state index contributed by atoms with van der Waals surface area (Å²) in [5.41, 5.74) is 6.36. The minimum absolute atomic E-state index is 0.0345. The smallest absolute Gasteiger partial charge is 0.240 e. The SMILES string of the molecule is NC(=O)C1CCCCN1C(=O)CSc1nc2ccccc2s1. The number of amides is 2. The summed E-state index contributed by atoms with van der Waals surface area (Å²) in [5, 5.41) is 0. The van der Waals surface area contributed by atoms with E-state index in [0.717, 1.165) is 27.4 Å². The lowest BCUT2D eigenvalue weighted by Crippen LogP contribution is -2.51. The fraction of sp³-hybridized carbons (Fsp3) is 0.400. The molecular formula is C15H17N3O2S2. The predicted molar refractivity (Wildman–Crippen MR) is 88.9 cm³/mol. The Balaban J connectivity index is 1.64. The Labute approximate surface area is 136 Å². The number of thiazole rings is 1. The van der Waals surface area contributed by atoms with Crippen LogP contribution in [0.3, 0.4) is 0 Å². The number of hydrogen-bond donors (Lipinski definition) is 1. The summed E-state index contributed by atoms with van der Waals surface area (Å²) in [6, 6.07) is 7.47. The maximum Gasteiger partial charge on any atom is 0.240 e.